The number of allylic oxidation sites excluding steroid dienone is 1. The second-order valence-corrected chi connectivity index (χ2v) is 18.4. The van der Waals surface area contributed by atoms with Crippen molar-refractivity contribution in [3.05, 3.63) is 198 Å². The Morgan fingerprint density at radius 3 is 2.00 bits per heavy atom. The van der Waals surface area contributed by atoms with Crippen molar-refractivity contribution in [2.24, 2.45) is 0 Å². The van der Waals surface area contributed by atoms with Crippen molar-refractivity contribution in [1.29, 1.82) is 0 Å². The fourth-order valence-electron chi connectivity index (χ4n) is 10.9. The van der Waals surface area contributed by atoms with E-state index >= 15 is 0 Å². The largest absolute Gasteiger partial charge is 0.508 e. The molecular formula is C60H49NO. The third-order valence-corrected chi connectivity index (χ3v) is 14.0. The topological polar surface area (TPSA) is 23.5 Å². The highest BCUT2D eigenvalue weighted by Crippen LogP contribution is 2.55. The third kappa shape index (κ3) is 5.79. The van der Waals surface area contributed by atoms with E-state index in [1.807, 2.05) is 12.1 Å². The molecule has 0 spiro atoms. The highest BCUT2D eigenvalue weighted by atomic mass is 16.3. The molecule has 8 aromatic carbocycles. The van der Waals surface area contributed by atoms with Crippen LogP contribution in [0.5, 0.6) is 5.75 Å². The van der Waals surface area contributed by atoms with Crippen LogP contribution in [-0.2, 0) is 17.3 Å². The van der Waals surface area contributed by atoms with Crippen LogP contribution in [-0.4, -0.2) is 11.1 Å². The van der Waals surface area contributed by atoms with Gasteiger partial charge < -0.3 is 10.0 Å². The van der Waals surface area contributed by atoms with Gasteiger partial charge in [0.15, 0.2) is 0 Å². The van der Waals surface area contributed by atoms with Crippen LogP contribution >= 0.6 is 0 Å². The fourth-order valence-corrected chi connectivity index (χ4v) is 10.9. The molecular weight excluding hydrogens is 751 g/mol. The van der Waals surface area contributed by atoms with Crippen LogP contribution in [0.4, 0.5) is 11.4 Å². The minimum atomic E-state index is -0.105. The molecule has 62 heavy (non-hydrogen) atoms. The first-order valence-corrected chi connectivity index (χ1v) is 22.0. The molecule has 2 nitrogen and oxygen atoms in total. The van der Waals surface area contributed by atoms with E-state index in [-0.39, 0.29) is 22.6 Å². The predicted molar refractivity (Wildman–Crippen MR) is 260 cm³/mol. The van der Waals surface area contributed by atoms with E-state index in [9.17, 15) is 5.11 Å². The summed E-state index contributed by atoms with van der Waals surface area (Å²) in [6, 6.07) is 57.6. The molecule has 0 heterocycles. The number of rotatable bonds is 7. The maximum absolute atomic E-state index is 11.0. The molecule has 0 saturated heterocycles. The van der Waals surface area contributed by atoms with E-state index in [2.05, 4.69) is 209 Å². The van der Waals surface area contributed by atoms with Gasteiger partial charge in [0.2, 0.25) is 0 Å². The lowest BCUT2D eigenvalue weighted by Gasteiger charge is -2.33. The van der Waals surface area contributed by atoms with Gasteiger partial charge in [-0.3, -0.25) is 0 Å². The Morgan fingerprint density at radius 2 is 1.19 bits per heavy atom. The monoisotopic (exact) mass is 799 g/mol. The van der Waals surface area contributed by atoms with Gasteiger partial charge in [-0.15, -0.1) is 0 Å². The number of benzene rings is 8. The van der Waals surface area contributed by atoms with E-state index in [1.54, 1.807) is 0 Å². The molecule has 0 aliphatic heterocycles. The molecule has 1 atom stereocenters. The summed E-state index contributed by atoms with van der Waals surface area (Å²) in [5.74, 6) is 7.07. The quantitative estimate of drug-likeness (QED) is 0.128. The number of hydrogen-bond donors (Lipinski definition) is 1. The Kier molecular flexibility index (Phi) is 8.71. The second kappa shape index (κ2) is 14.3. The number of phenols is 1. The molecule has 3 aliphatic carbocycles. The van der Waals surface area contributed by atoms with Gasteiger partial charge in [0.25, 0.3) is 0 Å². The molecule has 0 radical (unpaired) electrons. The first kappa shape index (κ1) is 37.9. The molecule has 0 saturated carbocycles. The Balaban J connectivity index is 0.890. The zero-order valence-electron chi connectivity index (χ0n) is 36.1. The molecule has 0 aromatic heterocycles. The van der Waals surface area contributed by atoms with Crippen LogP contribution < -0.4 is 4.90 Å². The van der Waals surface area contributed by atoms with Crippen molar-refractivity contribution in [3.8, 4) is 73.2 Å². The summed E-state index contributed by atoms with van der Waals surface area (Å²) in [5.41, 5.74) is 21.2. The van der Waals surface area contributed by atoms with E-state index in [0.717, 1.165) is 16.7 Å². The molecule has 2 heteroatoms. The van der Waals surface area contributed by atoms with Crippen LogP contribution in [0.3, 0.4) is 0 Å². The normalized spacial score (nSPS) is 14.7. The van der Waals surface area contributed by atoms with Gasteiger partial charge in [-0.2, -0.15) is 0 Å². The molecule has 1 N–H and O–H groups in total. The summed E-state index contributed by atoms with van der Waals surface area (Å²) in [7, 11) is 0. The van der Waals surface area contributed by atoms with Gasteiger partial charge in [-0.25, -0.2) is 0 Å². The van der Waals surface area contributed by atoms with Gasteiger partial charge in [-0.1, -0.05) is 167 Å². The molecule has 8 aromatic rings. The molecule has 0 amide bonds. The SMILES string of the molecule is CC(/C=C\CC#CCc1cc(-c2cc3c4c(cccc4c2)-c2ccccc2-3)ccc1O)N(c1ccc2c(c1)C(C)(C)c1ccccc1-2)c1cccc2c1-c1ccccc1C2(C)C. The standard InChI is InChI=1S/C60H49NO/c1-38(18-8-6-7-9-19-40-34-39(30-33-56(40)62)42-35-41-20-16-25-48-44-21-10-11-22-45(44)50(36-42)57(41)48)61(43-31-32-47-46-23-12-14-26-51(46)60(4,5)54(47)37-43)55-29-17-28-53-58(55)49-24-13-15-27-52(49)59(53,2)3/h8,10-18,20-38,62H,6,19H2,1-5H3/b18-8-. The second-order valence-electron chi connectivity index (χ2n) is 18.4. The van der Waals surface area contributed by atoms with E-state index in [4.69, 9.17) is 0 Å². The molecule has 3 aliphatic rings. The number of phenolic OH excluding ortho intramolecular Hbond substituents is 1. The van der Waals surface area contributed by atoms with Gasteiger partial charge in [-0.05, 0) is 132 Å². The van der Waals surface area contributed by atoms with Crippen molar-refractivity contribution in [2.75, 3.05) is 4.90 Å². The van der Waals surface area contributed by atoms with Gasteiger partial charge in [0, 0.05) is 52.2 Å². The fraction of sp³-hybridized carbons (Fsp3) is 0.167. The Labute approximate surface area is 365 Å². The molecule has 0 fully saturated rings. The highest BCUT2D eigenvalue weighted by Gasteiger charge is 2.39. The van der Waals surface area contributed by atoms with Crippen molar-refractivity contribution in [1.82, 2.24) is 0 Å². The van der Waals surface area contributed by atoms with Crippen LogP contribution in [0.25, 0.3) is 66.4 Å². The number of nitrogens with zero attached hydrogens (tertiary/aromatic N) is 1. The average Bonchev–Trinajstić information content (AvgIpc) is 3.83. The Hall–Kier alpha value is -7.08. The number of hydrogen-bond acceptors (Lipinski definition) is 2. The van der Waals surface area contributed by atoms with Crippen molar-refractivity contribution < 1.29 is 5.11 Å². The lowest BCUT2D eigenvalue weighted by Crippen LogP contribution is -2.28. The van der Waals surface area contributed by atoms with Crippen LogP contribution in [0.15, 0.2) is 170 Å². The lowest BCUT2D eigenvalue weighted by atomic mass is 9.82. The lowest BCUT2D eigenvalue weighted by molar-refractivity contribution is 0.470. The van der Waals surface area contributed by atoms with Crippen LogP contribution in [0, 0.1) is 11.8 Å². The zero-order valence-corrected chi connectivity index (χ0v) is 36.1. The van der Waals surface area contributed by atoms with Gasteiger partial charge >= 0.3 is 0 Å². The zero-order chi connectivity index (χ0) is 42.3. The van der Waals surface area contributed by atoms with Crippen LogP contribution in [0.1, 0.15) is 68.9 Å². The van der Waals surface area contributed by atoms with Crippen LogP contribution in [0.2, 0.25) is 0 Å². The van der Waals surface area contributed by atoms with Crippen molar-refractivity contribution in [2.45, 2.75) is 64.3 Å². The summed E-state index contributed by atoms with van der Waals surface area (Å²) >= 11 is 0. The number of aromatic hydroxyl groups is 1. The molecule has 300 valence electrons. The van der Waals surface area contributed by atoms with Gasteiger partial charge in [0.1, 0.15) is 5.75 Å². The predicted octanol–water partition coefficient (Wildman–Crippen LogP) is 15.2. The first-order chi connectivity index (χ1) is 30.1. The summed E-state index contributed by atoms with van der Waals surface area (Å²) in [6.45, 7) is 11.7. The summed E-state index contributed by atoms with van der Waals surface area (Å²) < 4.78 is 0. The Bertz CT molecular complexity index is 3240. The van der Waals surface area contributed by atoms with Crippen molar-refractivity contribution >= 4 is 22.1 Å². The number of fused-ring (bicyclic) bond motifs is 9. The van der Waals surface area contributed by atoms with E-state index in [1.165, 1.54) is 88.9 Å². The molecule has 11 rings (SSSR count). The summed E-state index contributed by atoms with van der Waals surface area (Å²) in [5, 5.41) is 13.5. The minimum absolute atomic E-state index is 0.0378. The number of anilines is 2. The summed E-state index contributed by atoms with van der Waals surface area (Å²) in [4.78, 5) is 2.53. The van der Waals surface area contributed by atoms with E-state index in [0.29, 0.717) is 12.8 Å². The maximum atomic E-state index is 11.0. The Morgan fingerprint density at radius 1 is 0.548 bits per heavy atom. The average molecular weight is 800 g/mol. The highest BCUT2D eigenvalue weighted by molar-refractivity contribution is 6.16. The smallest absolute Gasteiger partial charge is 0.119 e. The third-order valence-electron chi connectivity index (χ3n) is 14.0. The first-order valence-electron chi connectivity index (χ1n) is 22.0. The van der Waals surface area contributed by atoms with Gasteiger partial charge in [0.05, 0.1) is 0 Å². The van der Waals surface area contributed by atoms with E-state index < -0.39 is 0 Å². The molecule has 1 unspecified atom stereocenters. The molecule has 0 bridgehead atoms. The minimum Gasteiger partial charge on any atom is -0.508 e. The summed E-state index contributed by atoms with van der Waals surface area (Å²) in [6.07, 6.45) is 5.60. The van der Waals surface area contributed by atoms with Crippen molar-refractivity contribution in [3.63, 3.8) is 0 Å². The maximum Gasteiger partial charge on any atom is 0.119 e.